The van der Waals surface area contributed by atoms with Crippen LogP contribution in [0.25, 0.3) is 0 Å². The molecule has 1 fully saturated rings. The molecular formula is C14H26N4O2. The molecule has 1 unspecified atom stereocenters. The van der Waals surface area contributed by atoms with Crippen LogP contribution in [-0.4, -0.2) is 41.2 Å². The SMILES string of the molecule is CCOC1(C(CCc2cnn(C)c2)NN)CCOCC1. The predicted octanol–water partition coefficient (Wildman–Crippen LogP) is 0.770. The predicted molar refractivity (Wildman–Crippen MR) is 77.1 cm³/mol. The molecule has 0 saturated carbocycles. The third kappa shape index (κ3) is 3.58. The topological polar surface area (TPSA) is 74.3 Å². The van der Waals surface area contributed by atoms with Gasteiger partial charge in [0.1, 0.15) is 0 Å². The Morgan fingerprint density at radius 1 is 1.55 bits per heavy atom. The van der Waals surface area contributed by atoms with Crippen LogP contribution in [0.3, 0.4) is 0 Å². The molecule has 0 amide bonds. The summed E-state index contributed by atoms with van der Waals surface area (Å²) < 4.78 is 13.4. The summed E-state index contributed by atoms with van der Waals surface area (Å²) >= 11 is 0. The summed E-state index contributed by atoms with van der Waals surface area (Å²) in [4.78, 5) is 0. The smallest absolute Gasteiger partial charge is 0.0891 e. The van der Waals surface area contributed by atoms with Crippen molar-refractivity contribution in [2.75, 3.05) is 19.8 Å². The second-order valence-corrected chi connectivity index (χ2v) is 5.39. The largest absolute Gasteiger partial charge is 0.381 e. The molecule has 1 saturated heterocycles. The fraction of sp³-hybridized carbons (Fsp3) is 0.786. The molecule has 1 aromatic heterocycles. The van der Waals surface area contributed by atoms with Crippen LogP contribution in [0.2, 0.25) is 0 Å². The molecule has 1 aliphatic rings. The van der Waals surface area contributed by atoms with Gasteiger partial charge in [-0.15, -0.1) is 0 Å². The zero-order valence-corrected chi connectivity index (χ0v) is 12.5. The number of nitrogens with zero attached hydrogens (tertiary/aromatic N) is 2. The molecule has 6 nitrogen and oxygen atoms in total. The molecule has 20 heavy (non-hydrogen) atoms. The summed E-state index contributed by atoms with van der Waals surface area (Å²) in [5.74, 6) is 5.80. The Kier molecular flexibility index (Phi) is 5.54. The Morgan fingerprint density at radius 2 is 2.30 bits per heavy atom. The van der Waals surface area contributed by atoms with E-state index < -0.39 is 0 Å². The third-order valence-corrected chi connectivity index (χ3v) is 4.09. The molecular weight excluding hydrogens is 256 g/mol. The third-order valence-electron chi connectivity index (χ3n) is 4.09. The summed E-state index contributed by atoms with van der Waals surface area (Å²) in [5, 5.41) is 4.20. The molecule has 0 bridgehead atoms. The van der Waals surface area contributed by atoms with Gasteiger partial charge in [-0.1, -0.05) is 0 Å². The second kappa shape index (κ2) is 7.17. The maximum Gasteiger partial charge on any atom is 0.0891 e. The first-order valence-electron chi connectivity index (χ1n) is 7.35. The van der Waals surface area contributed by atoms with Gasteiger partial charge in [0.05, 0.1) is 17.8 Å². The molecule has 6 heteroatoms. The molecule has 2 rings (SSSR count). The van der Waals surface area contributed by atoms with Crippen molar-refractivity contribution in [2.24, 2.45) is 12.9 Å². The van der Waals surface area contributed by atoms with Crippen molar-refractivity contribution in [1.82, 2.24) is 15.2 Å². The minimum atomic E-state index is -0.204. The average Bonchev–Trinajstić information content (AvgIpc) is 2.86. The highest BCUT2D eigenvalue weighted by Crippen LogP contribution is 2.31. The molecule has 0 spiro atoms. The number of nitrogens with one attached hydrogen (secondary N) is 1. The summed E-state index contributed by atoms with van der Waals surface area (Å²) in [5.41, 5.74) is 3.99. The summed E-state index contributed by atoms with van der Waals surface area (Å²) in [6.07, 6.45) is 7.61. The van der Waals surface area contributed by atoms with Gasteiger partial charge in [0.15, 0.2) is 0 Å². The number of aromatic nitrogens is 2. The van der Waals surface area contributed by atoms with Gasteiger partial charge in [-0.2, -0.15) is 5.10 Å². The van der Waals surface area contributed by atoms with Gasteiger partial charge in [0.25, 0.3) is 0 Å². The fourth-order valence-corrected chi connectivity index (χ4v) is 3.01. The van der Waals surface area contributed by atoms with Crippen LogP contribution in [0.15, 0.2) is 12.4 Å². The maximum absolute atomic E-state index is 6.07. The molecule has 0 aliphatic carbocycles. The highest BCUT2D eigenvalue weighted by molar-refractivity contribution is 5.05. The Bertz CT molecular complexity index is 396. The van der Waals surface area contributed by atoms with Gasteiger partial charge >= 0.3 is 0 Å². The van der Waals surface area contributed by atoms with Crippen molar-refractivity contribution < 1.29 is 9.47 Å². The number of aryl methyl sites for hydroxylation is 2. The zero-order chi connectivity index (χ0) is 14.4. The number of hydrazine groups is 1. The quantitative estimate of drug-likeness (QED) is 0.571. The number of nitrogens with two attached hydrogens (primary N) is 1. The van der Waals surface area contributed by atoms with E-state index in [1.165, 1.54) is 5.56 Å². The molecule has 2 heterocycles. The van der Waals surface area contributed by atoms with Crippen LogP contribution >= 0.6 is 0 Å². The first kappa shape index (κ1) is 15.4. The van der Waals surface area contributed by atoms with E-state index in [9.17, 15) is 0 Å². The number of rotatable bonds is 7. The lowest BCUT2D eigenvalue weighted by Crippen LogP contribution is -2.57. The number of hydrogen-bond donors (Lipinski definition) is 2. The van der Waals surface area contributed by atoms with E-state index in [0.29, 0.717) is 6.61 Å². The fourth-order valence-electron chi connectivity index (χ4n) is 3.01. The van der Waals surface area contributed by atoms with Crippen LogP contribution in [0.5, 0.6) is 0 Å². The minimum absolute atomic E-state index is 0.131. The van der Waals surface area contributed by atoms with Crippen LogP contribution in [0, 0.1) is 0 Å². The molecule has 1 atom stereocenters. The van der Waals surface area contributed by atoms with Crippen molar-refractivity contribution in [1.29, 1.82) is 0 Å². The molecule has 3 N–H and O–H groups in total. The lowest BCUT2D eigenvalue weighted by atomic mass is 9.83. The standard InChI is InChI=1S/C14H26N4O2/c1-3-20-14(6-8-19-9-7-14)13(17-15)5-4-12-10-16-18(2)11-12/h10-11,13,17H,3-9,15H2,1-2H3. The van der Waals surface area contributed by atoms with Crippen molar-refractivity contribution >= 4 is 0 Å². The minimum Gasteiger partial charge on any atom is -0.381 e. The molecule has 1 aliphatic heterocycles. The molecule has 0 radical (unpaired) electrons. The van der Waals surface area contributed by atoms with E-state index in [1.807, 2.05) is 31.0 Å². The van der Waals surface area contributed by atoms with E-state index in [4.69, 9.17) is 15.3 Å². The summed E-state index contributed by atoms with van der Waals surface area (Å²) in [6.45, 7) is 4.22. The van der Waals surface area contributed by atoms with Crippen molar-refractivity contribution in [3.8, 4) is 0 Å². The lowest BCUT2D eigenvalue weighted by molar-refractivity contribution is -0.127. The van der Waals surface area contributed by atoms with E-state index in [1.54, 1.807) is 0 Å². The Labute approximate surface area is 120 Å². The Morgan fingerprint density at radius 3 is 2.85 bits per heavy atom. The first-order chi connectivity index (χ1) is 9.70. The van der Waals surface area contributed by atoms with E-state index in [2.05, 4.69) is 10.5 Å². The van der Waals surface area contributed by atoms with Crippen LogP contribution in [0.1, 0.15) is 31.7 Å². The van der Waals surface area contributed by atoms with Gasteiger partial charge in [0, 0.05) is 45.9 Å². The van der Waals surface area contributed by atoms with Gasteiger partial charge in [-0.25, -0.2) is 0 Å². The number of hydrogen-bond acceptors (Lipinski definition) is 5. The average molecular weight is 282 g/mol. The Hall–Kier alpha value is -0.950. The van der Waals surface area contributed by atoms with Crippen LogP contribution in [0.4, 0.5) is 0 Å². The highest BCUT2D eigenvalue weighted by atomic mass is 16.5. The van der Waals surface area contributed by atoms with Crippen molar-refractivity contribution in [3.63, 3.8) is 0 Å². The van der Waals surface area contributed by atoms with Gasteiger partial charge < -0.3 is 9.47 Å². The van der Waals surface area contributed by atoms with Crippen LogP contribution in [-0.2, 0) is 22.9 Å². The maximum atomic E-state index is 6.07. The van der Waals surface area contributed by atoms with Crippen molar-refractivity contribution in [3.05, 3.63) is 18.0 Å². The zero-order valence-electron chi connectivity index (χ0n) is 12.5. The second-order valence-electron chi connectivity index (χ2n) is 5.39. The monoisotopic (exact) mass is 282 g/mol. The summed E-state index contributed by atoms with van der Waals surface area (Å²) in [7, 11) is 1.93. The van der Waals surface area contributed by atoms with Gasteiger partial charge in [-0.05, 0) is 25.3 Å². The highest BCUT2D eigenvalue weighted by Gasteiger charge is 2.40. The van der Waals surface area contributed by atoms with E-state index in [0.717, 1.165) is 38.9 Å². The first-order valence-corrected chi connectivity index (χ1v) is 7.35. The van der Waals surface area contributed by atoms with E-state index in [-0.39, 0.29) is 11.6 Å². The van der Waals surface area contributed by atoms with Gasteiger partial charge in [-0.3, -0.25) is 16.0 Å². The normalized spacial score (nSPS) is 19.9. The number of ether oxygens (including phenoxy) is 2. The molecule has 1 aromatic rings. The van der Waals surface area contributed by atoms with Crippen molar-refractivity contribution in [2.45, 2.75) is 44.2 Å². The summed E-state index contributed by atoms with van der Waals surface area (Å²) in [6, 6.07) is 0.131. The molecule has 114 valence electrons. The van der Waals surface area contributed by atoms with Crippen LogP contribution < -0.4 is 11.3 Å². The Balaban J connectivity index is 2.00. The molecule has 0 aromatic carbocycles. The van der Waals surface area contributed by atoms with Gasteiger partial charge in [0.2, 0.25) is 0 Å². The van der Waals surface area contributed by atoms with E-state index >= 15 is 0 Å². The lowest BCUT2D eigenvalue weighted by Gasteiger charge is -2.42.